The van der Waals surface area contributed by atoms with Crippen LogP contribution in [-0.2, 0) is 4.79 Å². The van der Waals surface area contributed by atoms with Crippen LogP contribution in [0.5, 0.6) is 0 Å². The van der Waals surface area contributed by atoms with E-state index < -0.39 is 0 Å². The normalized spacial score (nSPS) is 25.0. The molecule has 1 amide bonds. The van der Waals surface area contributed by atoms with Crippen LogP contribution in [0.15, 0.2) is 18.2 Å². The van der Waals surface area contributed by atoms with Crippen molar-refractivity contribution < 1.29 is 4.79 Å². The predicted octanol–water partition coefficient (Wildman–Crippen LogP) is 3.39. The molecule has 0 bridgehead atoms. The number of amides is 1. The Bertz CT molecular complexity index is 518. The van der Waals surface area contributed by atoms with Gasteiger partial charge in [0.1, 0.15) is 0 Å². The molecule has 2 unspecified atom stereocenters. The lowest BCUT2D eigenvalue weighted by atomic mass is 10.1. The average Bonchev–Trinajstić information content (AvgIpc) is 3.20. The number of benzene rings is 1. The maximum Gasteiger partial charge on any atom is 0.223 e. The van der Waals surface area contributed by atoms with Gasteiger partial charge in [-0.2, -0.15) is 0 Å². The molecule has 3 rings (SSSR count). The molecule has 0 spiro atoms. The van der Waals surface area contributed by atoms with Gasteiger partial charge in [0.15, 0.2) is 0 Å². The van der Waals surface area contributed by atoms with Crippen molar-refractivity contribution in [2.75, 3.05) is 13.1 Å². The zero-order valence-corrected chi connectivity index (χ0v) is 13.9. The molecule has 2 N–H and O–H groups in total. The maximum atomic E-state index is 12.2. The van der Waals surface area contributed by atoms with E-state index >= 15 is 0 Å². The molecule has 1 aromatic rings. The second-order valence-corrected chi connectivity index (χ2v) is 6.49. The first-order chi connectivity index (χ1) is 9.65. The van der Waals surface area contributed by atoms with Gasteiger partial charge in [-0.05, 0) is 56.0 Å². The van der Waals surface area contributed by atoms with Crippen LogP contribution in [0.2, 0.25) is 10.0 Å². The van der Waals surface area contributed by atoms with Gasteiger partial charge >= 0.3 is 0 Å². The van der Waals surface area contributed by atoms with E-state index in [4.69, 9.17) is 23.2 Å². The summed E-state index contributed by atoms with van der Waals surface area (Å²) in [6.07, 6.45) is 2.92. The third kappa shape index (κ3) is 4.04. The van der Waals surface area contributed by atoms with Gasteiger partial charge in [0.05, 0.1) is 0 Å². The van der Waals surface area contributed by atoms with Gasteiger partial charge in [0, 0.05) is 22.0 Å². The first-order valence-electron chi connectivity index (χ1n) is 7.11. The first kappa shape index (κ1) is 16.9. The van der Waals surface area contributed by atoms with E-state index in [0.717, 1.165) is 37.9 Å². The third-order valence-corrected chi connectivity index (χ3v) is 4.74. The standard InChI is InChI=1S/C15H18Cl2N2O.ClH/c16-9-1-2-11(14(17)7-9)12-8-13(12)15(20)19-10-3-5-18-6-4-10;/h1-2,7,10,12-13,18H,3-6,8H2,(H,19,20);1H. The fraction of sp³-hybridized carbons (Fsp3) is 0.533. The molecule has 2 aliphatic rings. The highest BCUT2D eigenvalue weighted by molar-refractivity contribution is 6.35. The van der Waals surface area contributed by atoms with Crippen LogP contribution >= 0.6 is 35.6 Å². The molecule has 1 aliphatic carbocycles. The zero-order chi connectivity index (χ0) is 14.1. The molecule has 1 saturated heterocycles. The molecular formula is C15H19Cl3N2O. The number of rotatable bonds is 3. The molecule has 21 heavy (non-hydrogen) atoms. The monoisotopic (exact) mass is 348 g/mol. The fourth-order valence-corrected chi connectivity index (χ4v) is 3.45. The second-order valence-electron chi connectivity index (χ2n) is 5.65. The summed E-state index contributed by atoms with van der Waals surface area (Å²) in [5.41, 5.74) is 1.04. The molecule has 1 saturated carbocycles. The van der Waals surface area contributed by atoms with Crippen LogP contribution in [0.4, 0.5) is 0 Å². The lowest BCUT2D eigenvalue weighted by molar-refractivity contribution is -0.123. The van der Waals surface area contributed by atoms with E-state index in [1.54, 1.807) is 6.07 Å². The molecule has 1 aromatic carbocycles. The van der Waals surface area contributed by atoms with Crippen LogP contribution in [0.1, 0.15) is 30.7 Å². The Hall–Kier alpha value is -0.480. The summed E-state index contributed by atoms with van der Waals surface area (Å²) in [5, 5.41) is 7.76. The fourth-order valence-electron chi connectivity index (χ4n) is 2.91. The van der Waals surface area contributed by atoms with Gasteiger partial charge in [-0.3, -0.25) is 4.79 Å². The van der Waals surface area contributed by atoms with Crippen molar-refractivity contribution in [3.8, 4) is 0 Å². The predicted molar refractivity (Wildman–Crippen MR) is 88.6 cm³/mol. The van der Waals surface area contributed by atoms with E-state index in [2.05, 4.69) is 10.6 Å². The highest BCUT2D eigenvalue weighted by Crippen LogP contribution is 2.50. The summed E-state index contributed by atoms with van der Waals surface area (Å²) in [7, 11) is 0. The Labute approximate surface area is 141 Å². The highest BCUT2D eigenvalue weighted by atomic mass is 35.5. The minimum Gasteiger partial charge on any atom is -0.353 e. The van der Waals surface area contributed by atoms with Gasteiger partial charge in [-0.25, -0.2) is 0 Å². The highest BCUT2D eigenvalue weighted by Gasteiger charge is 2.45. The summed E-state index contributed by atoms with van der Waals surface area (Å²) in [6, 6.07) is 5.85. The van der Waals surface area contributed by atoms with E-state index in [1.807, 2.05) is 12.1 Å². The Morgan fingerprint density at radius 1 is 1.24 bits per heavy atom. The van der Waals surface area contributed by atoms with Gasteiger partial charge in [-0.15, -0.1) is 12.4 Å². The summed E-state index contributed by atoms with van der Waals surface area (Å²) in [5.74, 6) is 0.498. The van der Waals surface area contributed by atoms with Crippen LogP contribution in [0.3, 0.4) is 0 Å². The van der Waals surface area contributed by atoms with Crippen LogP contribution in [0.25, 0.3) is 0 Å². The summed E-state index contributed by atoms with van der Waals surface area (Å²) < 4.78 is 0. The van der Waals surface area contributed by atoms with Crippen molar-refractivity contribution in [1.82, 2.24) is 10.6 Å². The number of nitrogens with one attached hydrogen (secondary N) is 2. The van der Waals surface area contributed by atoms with Crippen LogP contribution in [0, 0.1) is 5.92 Å². The number of carbonyl (C=O) groups is 1. The van der Waals surface area contributed by atoms with Crippen molar-refractivity contribution in [1.29, 1.82) is 0 Å². The quantitative estimate of drug-likeness (QED) is 0.878. The van der Waals surface area contributed by atoms with Gasteiger partial charge in [0.25, 0.3) is 0 Å². The minimum atomic E-state index is 0. The van der Waals surface area contributed by atoms with Crippen molar-refractivity contribution >= 4 is 41.5 Å². The number of hydrogen-bond acceptors (Lipinski definition) is 2. The molecule has 0 aromatic heterocycles. The van der Waals surface area contributed by atoms with E-state index in [1.165, 1.54) is 0 Å². The second kappa shape index (κ2) is 7.19. The van der Waals surface area contributed by atoms with Crippen LogP contribution < -0.4 is 10.6 Å². The molecule has 1 heterocycles. The molecule has 2 atom stereocenters. The smallest absolute Gasteiger partial charge is 0.223 e. The maximum absolute atomic E-state index is 12.2. The van der Waals surface area contributed by atoms with Crippen molar-refractivity contribution in [3.63, 3.8) is 0 Å². The largest absolute Gasteiger partial charge is 0.353 e. The van der Waals surface area contributed by atoms with Crippen molar-refractivity contribution in [2.24, 2.45) is 5.92 Å². The van der Waals surface area contributed by atoms with Gasteiger partial charge in [0.2, 0.25) is 5.91 Å². The van der Waals surface area contributed by atoms with Gasteiger partial charge in [-0.1, -0.05) is 29.3 Å². The first-order valence-corrected chi connectivity index (χ1v) is 7.87. The van der Waals surface area contributed by atoms with Gasteiger partial charge < -0.3 is 10.6 Å². The molecule has 2 fully saturated rings. The average molecular weight is 350 g/mol. The Balaban J connectivity index is 0.00000161. The zero-order valence-electron chi connectivity index (χ0n) is 11.6. The number of hydrogen-bond donors (Lipinski definition) is 2. The van der Waals surface area contributed by atoms with Crippen molar-refractivity contribution in [2.45, 2.75) is 31.2 Å². The Morgan fingerprint density at radius 3 is 2.62 bits per heavy atom. The van der Waals surface area contributed by atoms with Crippen molar-refractivity contribution in [3.05, 3.63) is 33.8 Å². The molecule has 6 heteroatoms. The molecule has 3 nitrogen and oxygen atoms in total. The number of piperidine rings is 1. The SMILES string of the molecule is Cl.O=C(NC1CCNCC1)C1CC1c1ccc(Cl)cc1Cl. The molecule has 0 radical (unpaired) electrons. The molecular weight excluding hydrogens is 331 g/mol. The number of halogens is 3. The lowest BCUT2D eigenvalue weighted by Gasteiger charge is -2.23. The Morgan fingerprint density at radius 2 is 1.95 bits per heavy atom. The topological polar surface area (TPSA) is 41.1 Å². The molecule has 116 valence electrons. The van der Waals surface area contributed by atoms with E-state index in [-0.39, 0.29) is 30.2 Å². The Kier molecular flexibility index (Phi) is 5.78. The summed E-state index contributed by atoms with van der Waals surface area (Å²) in [4.78, 5) is 12.2. The lowest BCUT2D eigenvalue weighted by Crippen LogP contribution is -2.43. The molecule has 1 aliphatic heterocycles. The number of carbonyl (C=O) groups excluding carboxylic acids is 1. The third-order valence-electron chi connectivity index (χ3n) is 4.17. The van der Waals surface area contributed by atoms with E-state index in [0.29, 0.717) is 16.1 Å². The summed E-state index contributed by atoms with van der Waals surface area (Å²) >= 11 is 12.1. The van der Waals surface area contributed by atoms with E-state index in [9.17, 15) is 4.79 Å². The minimum absolute atomic E-state index is 0. The summed E-state index contributed by atoms with van der Waals surface area (Å²) in [6.45, 7) is 1.98. The van der Waals surface area contributed by atoms with Crippen LogP contribution in [-0.4, -0.2) is 25.0 Å².